The van der Waals surface area contributed by atoms with Gasteiger partial charge in [0.25, 0.3) is 0 Å². The van der Waals surface area contributed by atoms with Gasteiger partial charge in [0.2, 0.25) is 0 Å². The third-order valence-electron chi connectivity index (χ3n) is 2.99. The Kier molecular flexibility index (Phi) is 4.89. The highest BCUT2D eigenvalue weighted by Crippen LogP contribution is 2.26. The van der Waals surface area contributed by atoms with Gasteiger partial charge in [-0.2, -0.15) is 0 Å². The Morgan fingerprint density at radius 1 is 1.22 bits per heavy atom. The maximum absolute atomic E-state index is 11.3. The molecule has 1 unspecified atom stereocenters. The Labute approximate surface area is 106 Å². The van der Waals surface area contributed by atoms with E-state index in [2.05, 4.69) is 0 Å². The van der Waals surface area contributed by atoms with Gasteiger partial charge in [-0.25, -0.2) is 0 Å². The molecule has 1 aromatic carbocycles. The molecule has 0 aliphatic rings. The van der Waals surface area contributed by atoms with E-state index in [9.17, 15) is 14.7 Å². The summed E-state index contributed by atoms with van der Waals surface area (Å²) >= 11 is 0. The summed E-state index contributed by atoms with van der Waals surface area (Å²) in [6.45, 7) is 3.79. The molecule has 0 fully saturated rings. The molecular weight excluding hydrogens is 232 g/mol. The molecule has 0 saturated heterocycles. The third kappa shape index (κ3) is 3.87. The van der Waals surface area contributed by atoms with Crippen molar-refractivity contribution >= 4 is 11.9 Å². The molecular formula is C14H18O4. The van der Waals surface area contributed by atoms with Crippen LogP contribution in [0.3, 0.4) is 0 Å². The molecule has 0 saturated carbocycles. The molecule has 0 aliphatic carbocycles. The molecule has 4 nitrogen and oxygen atoms in total. The van der Waals surface area contributed by atoms with Gasteiger partial charge < -0.3 is 10.2 Å². The van der Waals surface area contributed by atoms with E-state index in [1.807, 2.05) is 32.0 Å². The van der Waals surface area contributed by atoms with E-state index in [0.29, 0.717) is 12.8 Å². The van der Waals surface area contributed by atoms with Crippen molar-refractivity contribution in [1.29, 1.82) is 0 Å². The Morgan fingerprint density at radius 2 is 1.89 bits per heavy atom. The molecule has 0 aromatic heterocycles. The van der Waals surface area contributed by atoms with Gasteiger partial charge in [0.15, 0.2) is 0 Å². The Bertz CT molecular complexity index is 451. The van der Waals surface area contributed by atoms with E-state index in [1.165, 1.54) is 0 Å². The molecule has 18 heavy (non-hydrogen) atoms. The third-order valence-corrected chi connectivity index (χ3v) is 2.99. The van der Waals surface area contributed by atoms with Gasteiger partial charge in [-0.15, -0.1) is 0 Å². The average molecular weight is 250 g/mol. The molecule has 1 rings (SSSR count). The van der Waals surface area contributed by atoms with Crippen LogP contribution in [0.1, 0.15) is 41.9 Å². The lowest BCUT2D eigenvalue weighted by Gasteiger charge is -2.15. The number of rotatable bonds is 6. The summed E-state index contributed by atoms with van der Waals surface area (Å²) in [4.78, 5) is 21.8. The maximum atomic E-state index is 11.3. The second-order valence-corrected chi connectivity index (χ2v) is 4.54. The van der Waals surface area contributed by atoms with Crippen molar-refractivity contribution in [2.24, 2.45) is 0 Å². The van der Waals surface area contributed by atoms with Crippen LogP contribution in [0, 0.1) is 13.8 Å². The standard InChI is InChI=1S/C14H18O4/c1-9-6-7-10(2)12(8-9)11(14(17)18)4-3-5-13(15)16/h6-8,11H,3-5H2,1-2H3,(H,15,16)(H,17,18). The van der Waals surface area contributed by atoms with Crippen molar-refractivity contribution in [1.82, 2.24) is 0 Å². The van der Waals surface area contributed by atoms with Crippen LogP contribution >= 0.6 is 0 Å². The van der Waals surface area contributed by atoms with Gasteiger partial charge >= 0.3 is 11.9 Å². The van der Waals surface area contributed by atoms with Gasteiger partial charge in [0.05, 0.1) is 5.92 Å². The number of hydrogen-bond acceptors (Lipinski definition) is 2. The van der Waals surface area contributed by atoms with E-state index in [0.717, 1.165) is 16.7 Å². The normalized spacial score (nSPS) is 12.1. The number of aliphatic carboxylic acids is 2. The summed E-state index contributed by atoms with van der Waals surface area (Å²) in [5.74, 6) is -2.40. The fourth-order valence-electron chi connectivity index (χ4n) is 2.00. The number of aryl methyl sites for hydroxylation is 2. The smallest absolute Gasteiger partial charge is 0.310 e. The van der Waals surface area contributed by atoms with Gasteiger partial charge in [-0.3, -0.25) is 9.59 Å². The summed E-state index contributed by atoms with van der Waals surface area (Å²) < 4.78 is 0. The zero-order valence-corrected chi connectivity index (χ0v) is 10.6. The summed E-state index contributed by atoms with van der Waals surface area (Å²) in [5.41, 5.74) is 2.73. The monoisotopic (exact) mass is 250 g/mol. The number of carbonyl (C=O) groups is 2. The largest absolute Gasteiger partial charge is 0.481 e. The molecule has 4 heteroatoms. The van der Waals surface area contributed by atoms with Gasteiger partial charge in [0.1, 0.15) is 0 Å². The number of hydrogen-bond donors (Lipinski definition) is 2. The minimum atomic E-state index is -0.894. The first-order valence-corrected chi connectivity index (χ1v) is 5.93. The van der Waals surface area contributed by atoms with E-state index >= 15 is 0 Å². The minimum absolute atomic E-state index is 0.00857. The lowest BCUT2D eigenvalue weighted by molar-refractivity contribution is -0.140. The van der Waals surface area contributed by atoms with Crippen LogP contribution in [0.15, 0.2) is 18.2 Å². The minimum Gasteiger partial charge on any atom is -0.481 e. The highest BCUT2D eigenvalue weighted by molar-refractivity contribution is 5.76. The van der Waals surface area contributed by atoms with Crippen molar-refractivity contribution in [2.75, 3.05) is 0 Å². The highest BCUT2D eigenvalue weighted by Gasteiger charge is 2.21. The number of carboxylic acid groups (broad SMARTS) is 2. The van der Waals surface area contributed by atoms with Crippen LogP contribution in [-0.2, 0) is 9.59 Å². The van der Waals surface area contributed by atoms with E-state index in [-0.39, 0.29) is 6.42 Å². The first-order valence-electron chi connectivity index (χ1n) is 5.93. The average Bonchev–Trinajstić information content (AvgIpc) is 2.27. The quantitative estimate of drug-likeness (QED) is 0.814. The van der Waals surface area contributed by atoms with Crippen molar-refractivity contribution in [3.63, 3.8) is 0 Å². The van der Waals surface area contributed by atoms with Crippen molar-refractivity contribution in [3.8, 4) is 0 Å². The van der Waals surface area contributed by atoms with Crippen LogP contribution in [0.2, 0.25) is 0 Å². The van der Waals surface area contributed by atoms with Crippen LogP contribution in [-0.4, -0.2) is 22.2 Å². The van der Waals surface area contributed by atoms with E-state index in [1.54, 1.807) is 0 Å². The molecule has 0 spiro atoms. The Balaban J connectivity index is 2.87. The zero-order chi connectivity index (χ0) is 13.7. The highest BCUT2D eigenvalue weighted by atomic mass is 16.4. The molecule has 0 radical (unpaired) electrons. The summed E-state index contributed by atoms with van der Waals surface area (Å²) in [7, 11) is 0. The van der Waals surface area contributed by atoms with Gasteiger partial charge in [-0.05, 0) is 37.8 Å². The maximum Gasteiger partial charge on any atom is 0.310 e. The Hall–Kier alpha value is -1.84. The number of benzene rings is 1. The second-order valence-electron chi connectivity index (χ2n) is 4.54. The molecule has 1 atom stereocenters. The molecule has 2 N–H and O–H groups in total. The van der Waals surface area contributed by atoms with Crippen molar-refractivity contribution < 1.29 is 19.8 Å². The molecule has 0 amide bonds. The van der Waals surface area contributed by atoms with Crippen molar-refractivity contribution in [3.05, 3.63) is 34.9 Å². The predicted octanol–water partition coefficient (Wildman–Crippen LogP) is 2.73. The van der Waals surface area contributed by atoms with Crippen LogP contribution < -0.4 is 0 Å². The fourth-order valence-corrected chi connectivity index (χ4v) is 2.00. The van der Waals surface area contributed by atoms with Crippen LogP contribution in [0.5, 0.6) is 0 Å². The first kappa shape index (κ1) is 14.2. The van der Waals surface area contributed by atoms with Gasteiger partial charge in [0, 0.05) is 6.42 Å². The van der Waals surface area contributed by atoms with Gasteiger partial charge in [-0.1, -0.05) is 23.8 Å². The summed E-state index contributed by atoms with van der Waals surface area (Å²) in [6, 6.07) is 5.71. The topological polar surface area (TPSA) is 74.6 Å². The first-order chi connectivity index (χ1) is 8.41. The Morgan fingerprint density at radius 3 is 2.44 bits per heavy atom. The fraction of sp³-hybridized carbons (Fsp3) is 0.429. The predicted molar refractivity (Wildman–Crippen MR) is 67.8 cm³/mol. The molecule has 1 aromatic rings. The van der Waals surface area contributed by atoms with Crippen LogP contribution in [0.4, 0.5) is 0 Å². The van der Waals surface area contributed by atoms with E-state index in [4.69, 9.17) is 5.11 Å². The molecule has 98 valence electrons. The lowest BCUT2D eigenvalue weighted by Crippen LogP contribution is -2.13. The van der Waals surface area contributed by atoms with Crippen LogP contribution in [0.25, 0.3) is 0 Å². The summed E-state index contributed by atoms with van der Waals surface area (Å²) in [6.07, 6.45) is 0.736. The molecule has 0 aliphatic heterocycles. The van der Waals surface area contributed by atoms with E-state index < -0.39 is 17.9 Å². The number of carboxylic acids is 2. The SMILES string of the molecule is Cc1ccc(C)c(C(CCCC(=O)O)C(=O)O)c1. The molecule has 0 heterocycles. The summed E-state index contributed by atoms with van der Waals surface area (Å²) in [5, 5.41) is 17.8. The zero-order valence-electron chi connectivity index (χ0n) is 10.6. The molecule has 0 bridgehead atoms. The lowest BCUT2D eigenvalue weighted by atomic mass is 9.89. The second kappa shape index (κ2) is 6.19. The van der Waals surface area contributed by atoms with Crippen molar-refractivity contribution in [2.45, 2.75) is 39.0 Å².